The number of carbonyl (C=O) groups is 1. The molecule has 3 aromatic carbocycles. The van der Waals surface area contributed by atoms with Crippen LogP contribution in [-0.4, -0.2) is 23.4 Å². The number of oxime groups is 1. The number of nitrogens with zero attached hydrogens (tertiary/aromatic N) is 1. The summed E-state index contributed by atoms with van der Waals surface area (Å²) < 4.78 is 0. The van der Waals surface area contributed by atoms with Gasteiger partial charge in [-0.3, -0.25) is 0 Å². The van der Waals surface area contributed by atoms with Crippen molar-refractivity contribution in [1.29, 1.82) is 0 Å². The lowest BCUT2D eigenvalue weighted by Crippen LogP contribution is -2.56. The van der Waals surface area contributed by atoms with Crippen LogP contribution < -0.4 is 0 Å². The van der Waals surface area contributed by atoms with E-state index >= 15 is 0 Å². The van der Waals surface area contributed by atoms with Crippen molar-refractivity contribution < 1.29 is 14.7 Å². The maximum Gasteiger partial charge on any atom is 0.344 e. The average molecular weight is 626 g/mol. The van der Waals surface area contributed by atoms with Gasteiger partial charge in [0, 0.05) is 23.7 Å². The van der Waals surface area contributed by atoms with Crippen LogP contribution in [0.1, 0.15) is 127 Å². The van der Waals surface area contributed by atoms with Crippen molar-refractivity contribution in [3.63, 3.8) is 0 Å². The number of benzene rings is 3. The SMILES string of the molecule is CC12CCC/C(=N\OCC(=O)O)C1C1C3=C4C5=C(CC3)CCC3CCC6=CC7C=Cc8cc9c%10c(c4c4c5c3c6c3c4c%10c8C37)C(=C12)C9. The Morgan fingerprint density at radius 2 is 1.83 bits per heavy atom. The molecule has 0 saturated heterocycles. The molecule has 48 heavy (non-hydrogen) atoms. The zero-order valence-corrected chi connectivity index (χ0v) is 27.2. The molecule has 11 aliphatic carbocycles. The molecule has 0 heterocycles. The van der Waals surface area contributed by atoms with Crippen LogP contribution in [0.2, 0.25) is 0 Å². The second-order valence-electron chi connectivity index (χ2n) is 17.2. The second kappa shape index (κ2) is 7.52. The van der Waals surface area contributed by atoms with Crippen LogP contribution in [0.5, 0.6) is 0 Å². The van der Waals surface area contributed by atoms with Crippen molar-refractivity contribution in [2.24, 2.45) is 28.3 Å². The summed E-state index contributed by atoms with van der Waals surface area (Å²) in [7, 11) is 0. The molecule has 4 nitrogen and oxygen atoms in total. The van der Waals surface area contributed by atoms with Gasteiger partial charge in [0.1, 0.15) is 0 Å². The van der Waals surface area contributed by atoms with Crippen molar-refractivity contribution in [2.45, 2.75) is 83.0 Å². The van der Waals surface area contributed by atoms with Gasteiger partial charge >= 0.3 is 5.97 Å². The molecule has 3 aromatic rings. The first-order chi connectivity index (χ1) is 23.5. The molecule has 2 fully saturated rings. The van der Waals surface area contributed by atoms with E-state index in [2.05, 4.69) is 36.4 Å². The number of carboxylic acid groups (broad SMARTS) is 1. The molecule has 0 aliphatic heterocycles. The molecule has 0 aromatic heterocycles. The molecule has 6 unspecified atom stereocenters. The minimum atomic E-state index is -0.958. The molecule has 1 N–H and O–H groups in total. The summed E-state index contributed by atoms with van der Waals surface area (Å²) in [6, 6.07) is 2.61. The third-order valence-corrected chi connectivity index (χ3v) is 15.5. The van der Waals surface area contributed by atoms with E-state index in [1.54, 1.807) is 105 Å². The van der Waals surface area contributed by atoms with Crippen LogP contribution in [0.25, 0.3) is 49.9 Å². The number of carboxylic acids is 1. The Kier molecular flexibility index (Phi) is 3.90. The molecule has 6 atom stereocenters. The second-order valence-corrected chi connectivity index (χ2v) is 17.2. The number of fused-ring (bicyclic) bond motifs is 5. The summed E-state index contributed by atoms with van der Waals surface area (Å²) in [5.74, 6) is 1.30. The van der Waals surface area contributed by atoms with Gasteiger partial charge in [0.25, 0.3) is 0 Å². The van der Waals surface area contributed by atoms with Crippen LogP contribution in [0.4, 0.5) is 0 Å². The van der Waals surface area contributed by atoms with Crippen LogP contribution >= 0.6 is 0 Å². The molecule has 2 saturated carbocycles. The Bertz CT molecular complexity index is 2530. The highest BCUT2D eigenvalue weighted by Crippen LogP contribution is 2.75. The Balaban J connectivity index is 1.18. The van der Waals surface area contributed by atoms with E-state index in [9.17, 15) is 9.90 Å². The fourth-order valence-electron chi connectivity index (χ4n) is 14.3. The number of allylic oxidation sites excluding steroid dienone is 9. The molecule has 234 valence electrons. The highest BCUT2D eigenvalue weighted by atomic mass is 16.6. The summed E-state index contributed by atoms with van der Waals surface area (Å²) in [6.07, 6.45) is 19.4. The van der Waals surface area contributed by atoms with Crippen LogP contribution in [0.15, 0.2) is 40.1 Å². The predicted octanol–water partition coefficient (Wildman–Crippen LogP) is 9.68. The first-order valence-corrected chi connectivity index (χ1v) is 18.7. The van der Waals surface area contributed by atoms with Gasteiger partial charge in [-0.2, -0.15) is 0 Å². The van der Waals surface area contributed by atoms with Gasteiger partial charge < -0.3 is 9.94 Å². The van der Waals surface area contributed by atoms with Crippen molar-refractivity contribution in [3.05, 3.63) is 85.0 Å². The quantitative estimate of drug-likeness (QED) is 0.233. The molecule has 0 bridgehead atoms. The summed E-state index contributed by atoms with van der Waals surface area (Å²) in [4.78, 5) is 16.9. The zero-order valence-electron chi connectivity index (χ0n) is 27.2. The lowest BCUT2D eigenvalue weighted by molar-refractivity contribution is -0.142. The van der Waals surface area contributed by atoms with E-state index in [0.29, 0.717) is 23.7 Å². The smallest absolute Gasteiger partial charge is 0.344 e. The molecule has 14 rings (SSSR count). The molecule has 4 heteroatoms. The lowest BCUT2D eigenvalue weighted by atomic mass is 9.43. The van der Waals surface area contributed by atoms with Gasteiger partial charge in [0.2, 0.25) is 6.61 Å². The Hall–Kier alpha value is -4.18. The van der Waals surface area contributed by atoms with Gasteiger partial charge in [-0.05, 0) is 169 Å². The molecular formula is C44H35NO3. The first-order valence-electron chi connectivity index (χ1n) is 18.7. The highest BCUT2D eigenvalue weighted by Gasteiger charge is 2.63. The number of hydrogen-bond donors (Lipinski definition) is 1. The van der Waals surface area contributed by atoms with E-state index in [-0.39, 0.29) is 17.9 Å². The minimum Gasteiger partial charge on any atom is -0.479 e. The summed E-state index contributed by atoms with van der Waals surface area (Å²) in [5, 5.41) is 20.6. The molecular weight excluding hydrogens is 590 g/mol. The summed E-state index contributed by atoms with van der Waals surface area (Å²) >= 11 is 0. The lowest BCUT2D eigenvalue weighted by Gasteiger charge is -2.60. The van der Waals surface area contributed by atoms with Gasteiger partial charge in [0.05, 0.1) is 5.71 Å². The van der Waals surface area contributed by atoms with Crippen LogP contribution in [-0.2, 0) is 16.1 Å². The standard InChI is InChI=1S/C44H35NO3/c1-44-12-2-3-25(45-48-16-26(46)47)43(44)35-23-11-10-18-5-4-17-6-7-19-13-20-8-9-21-14-22-15-24(42(35)44)34-32(22)38-31(21)30(20)37-29(19)27(17)36-28(18)33(23)39(34)41(36)40(37)38/h8-9,13-14,17,20,30,35,43H,2-7,10-12,15-16H2,1H3,(H,46,47)/b45-25+. The number of rotatable bonds is 3. The van der Waals surface area contributed by atoms with Crippen molar-refractivity contribution in [2.75, 3.05) is 6.61 Å². The summed E-state index contributed by atoms with van der Waals surface area (Å²) in [5.41, 5.74) is 27.7. The minimum absolute atomic E-state index is 0.0357. The fraction of sp³-hybridized carbons (Fsp3) is 0.409. The largest absolute Gasteiger partial charge is 0.479 e. The van der Waals surface area contributed by atoms with E-state index in [0.717, 1.165) is 31.4 Å². The van der Waals surface area contributed by atoms with Crippen molar-refractivity contribution in [3.8, 4) is 0 Å². The molecule has 0 radical (unpaired) electrons. The first kappa shape index (κ1) is 24.9. The third kappa shape index (κ3) is 2.33. The van der Waals surface area contributed by atoms with E-state index in [1.807, 2.05) is 0 Å². The van der Waals surface area contributed by atoms with Gasteiger partial charge in [0.15, 0.2) is 0 Å². The van der Waals surface area contributed by atoms with Gasteiger partial charge in [-0.15, -0.1) is 0 Å². The predicted molar refractivity (Wildman–Crippen MR) is 189 cm³/mol. The van der Waals surface area contributed by atoms with Crippen molar-refractivity contribution >= 4 is 61.6 Å². The molecule has 11 aliphatic rings. The van der Waals surface area contributed by atoms with Crippen LogP contribution in [0.3, 0.4) is 0 Å². The Labute approximate surface area is 278 Å². The number of aliphatic carboxylic acids is 1. The van der Waals surface area contributed by atoms with Crippen molar-refractivity contribution in [1.82, 2.24) is 0 Å². The third-order valence-electron chi connectivity index (χ3n) is 15.5. The van der Waals surface area contributed by atoms with Gasteiger partial charge in [-0.25, -0.2) is 4.79 Å². The zero-order chi connectivity index (χ0) is 31.1. The Morgan fingerprint density at radius 1 is 0.938 bits per heavy atom. The van der Waals surface area contributed by atoms with Crippen LogP contribution in [0, 0.1) is 23.2 Å². The van der Waals surface area contributed by atoms with E-state index < -0.39 is 5.97 Å². The molecule has 0 spiro atoms. The maximum atomic E-state index is 11.4. The highest BCUT2D eigenvalue weighted by molar-refractivity contribution is 6.36. The summed E-state index contributed by atoms with van der Waals surface area (Å²) in [6.45, 7) is 2.15. The maximum absolute atomic E-state index is 11.4. The van der Waals surface area contributed by atoms with E-state index in [1.165, 1.54) is 44.1 Å². The average Bonchev–Trinajstić information content (AvgIpc) is 3.67. The molecule has 0 amide bonds. The number of hydrogen-bond acceptors (Lipinski definition) is 3. The monoisotopic (exact) mass is 625 g/mol. The Morgan fingerprint density at radius 3 is 2.75 bits per heavy atom. The topological polar surface area (TPSA) is 58.9 Å². The fourth-order valence-corrected chi connectivity index (χ4v) is 14.3. The van der Waals surface area contributed by atoms with E-state index in [4.69, 9.17) is 4.84 Å². The van der Waals surface area contributed by atoms with Gasteiger partial charge in [-0.1, -0.05) is 53.1 Å². The normalized spacial score (nSPS) is 34.3.